The maximum Gasteiger partial charge on any atom is 0.199 e. The molecule has 0 saturated heterocycles. The predicted molar refractivity (Wildman–Crippen MR) is 60.1 cm³/mol. The van der Waals surface area contributed by atoms with Crippen LogP contribution in [0.5, 0.6) is 11.5 Å². The average molecular weight is 220 g/mol. The number of benzene rings is 1. The fraction of sp³-hybridized carbons (Fsp3) is 0.250. The number of hydrogen-bond acceptors (Lipinski definition) is 4. The maximum absolute atomic E-state index is 11.9. The average Bonchev–Trinajstić information content (AvgIpc) is 2.28. The first kappa shape index (κ1) is 10.5. The summed E-state index contributed by atoms with van der Waals surface area (Å²) in [5, 5.41) is 9.95. The first-order valence-corrected chi connectivity index (χ1v) is 4.98. The Hall–Kier alpha value is -1.97. The summed E-state index contributed by atoms with van der Waals surface area (Å²) in [6.45, 7) is 1.86. The molecule has 0 fully saturated rings. The van der Waals surface area contributed by atoms with E-state index in [0.29, 0.717) is 23.3 Å². The molecule has 0 bridgehead atoms. The van der Waals surface area contributed by atoms with Crippen LogP contribution in [0.3, 0.4) is 0 Å². The topological polar surface area (TPSA) is 59.7 Å². The minimum absolute atomic E-state index is 0.113. The summed E-state index contributed by atoms with van der Waals surface area (Å²) < 4.78 is 10.3. The summed E-state index contributed by atoms with van der Waals surface area (Å²) in [6, 6.07) is 2.98. The second-order valence-corrected chi connectivity index (χ2v) is 3.46. The highest BCUT2D eigenvalue weighted by molar-refractivity contribution is 5.85. The highest BCUT2D eigenvalue weighted by atomic mass is 16.5. The third kappa shape index (κ3) is 1.52. The van der Waals surface area contributed by atoms with Gasteiger partial charge in [0, 0.05) is 17.7 Å². The Kier molecular flexibility index (Phi) is 2.56. The molecule has 0 unspecified atom stereocenters. The van der Waals surface area contributed by atoms with Gasteiger partial charge in [-0.3, -0.25) is 4.79 Å². The predicted octanol–water partition coefficient (Wildman–Crippen LogP) is 2.07. The molecule has 84 valence electrons. The maximum atomic E-state index is 11.9. The summed E-state index contributed by atoms with van der Waals surface area (Å²) in [5.74, 6) is 0.343. The molecule has 1 aromatic carbocycles. The minimum atomic E-state index is -0.191. The molecule has 0 atom stereocenters. The Bertz CT molecular complexity index is 583. The molecule has 0 spiro atoms. The molecule has 4 nitrogen and oxygen atoms in total. The lowest BCUT2D eigenvalue weighted by Crippen LogP contribution is -2.07. The first-order valence-electron chi connectivity index (χ1n) is 4.98. The summed E-state index contributed by atoms with van der Waals surface area (Å²) in [4.78, 5) is 11.9. The zero-order valence-corrected chi connectivity index (χ0v) is 9.11. The molecular weight excluding hydrogens is 208 g/mol. The number of ether oxygens (including phenoxy) is 1. The van der Waals surface area contributed by atoms with Gasteiger partial charge in [0.05, 0.1) is 13.4 Å². The van der Waals surface area contributed by atoms with Gasteiger partial charge in [0.1, 0.15) is 22.5 Å². The number of methoxy groups -OCH3 is 1. The molecule has 2 rings (SSSR count). The van der Waals surface area contributed by atoms with Gasteiger partial charge in [0.15, 0.2) is 5.43 Å². The van der Waals surface area contributed by atoms with Crippen LogP contribution in [0.1, 0.15) is 12.5 Å². The molecule has 0 saturated carbocycles. The Morgan fingerprint density at radius 2 is 2.19 bits per heavy atom. The van der Waals surface area contributed by atoms with E-state index in [1.54, 1.807) is 6.07 Å². The van der Waals surface area contributed by atoms with Crippen molar-refractivity contribution in [1.29, 1.82) is 0 Å². The van der Waals surface area contributed by atoms with Gasteiger partial charge in [-0.1, -0.05) is 6.92 Å². The van der Waals surface area contributed by atoms with E-state index in [1.165, 1.54) is 19.4 Å². The number of fused-ring (bicyclic) bond motifs is 1. The smallest absolute Gasteiger partial charge is 0.199 e. The lowest BCUT2D eigenvalue weighted by atomic mass is 10.1. The number of phenols is 1. The fourth-order valence-electron chi connectivity index (χ4n) is 1.61. The third-order valence-electron chi connectivity index (χ3n) is 2.52. The van der Waals surface area contributed by atoms with Crippen molar-refractivity contribution in [3.8, 4) is 11.5 Å². The van der Waals surface area contributed by atoms with Crippen molar-refractivity contribution >= 4 is 11.0 Å². The van der Waals surface area contributed by atoms with Gasteiger partial charge in [-0.15, -0.1) is 0 Å². The Morgan fingerprint density at radius 1 is 1.44 bits per heavy atom. The van der Waals surface area contributed by atoms with Crippen LogP contribution < -0.4 is 10.2 Å². The molecule has 0 radical (unpaired) electrons. The molecule has 2 aromatic rings. The quantitative estimate of drug-likeness (QED) is 0.841. The van der Waals surface area contributed by atoms with Crippen LogP contribution in [0, 0.1) is 0 Å². The highest BCUT2D eigenvalue weighted by Crippen LogP contribution is 2.28. The summed E-state index contributed by atoms with van der Waals surface area (Å²) in [6.07, 6.45) is 1.99. The van der Waals surface area contributed by atoms with Crippen molar-refractivity contribution in [3.05, 3.63) is 34.2 Å². The molecule has 1 aromatic heterocycles. The summed E-state index contributed by atoms with van der Waals surface area (Å²) in [5.41, 5.74) is 0.691. The normalized spacial score (nSPS) is 10.6. The third-order valence-corrected chi connectivity index (χ3v) is 2.52. The minimum Gasteiger partial charge on any atom is -0.507 e. The van der Waals surface area contributed by atoms with E-state index in [4.69, 9.17) is 9.15 Å². The van der Waals surface area contributed by atoms with Crippen molar-refractivity contribution in [2.45, 2.75) is 13.3 Å². The van der Waals surface area contributed by atoms with E-state index in [0.717, 1.165) is 0 Å². The Morgan fingerprint density at radius 3 is 2.81 bits per heavy atom. The highest BCUT2D eigenvalue weighted by Gasteiger charge is 2.11. The van der Waals surface area contributed by atoms with E-state index in [9.17, 15) is 9.90 Å². The molecule has 0 amide bonds. The van der Waals surface area contributed by atoms with Gasteiger partial charge in [0.25, 0.3) is 0 Å². The zero-order chi connectivity index (χ0) is 11.7. The second kappa shape index (κ2) is 3.89. The zero-order valence-electron chi connectivity index (χ0n) is 9.11. The SMILES string of the molecule is CCc1coc2cc(OC)cc(O)c2c1=O. The van der Waals surface area contributed by atoms with Gasteiger partial charge in [-0.2, -0.15) is 0 Å². The number of rotatable bonds is 2. The number of hydrogen-bond donors (Lipinski definition) is 1. The molecule has 1 N–H and O–H groups in total. The second-order valence-electron chi connectivity index (χ2n) is 3.46. The van der Waals surface area contributed by atoms with Gasteiger partial charge in [-0.05, 0) is 6.42 Å². The van der Waals surface area contributed by atoms with Crippen LogP contribution in [0.15, 0.2) is 27.6 Å². The van der Waals surface area contributed by atoms with Crippen LogP contribution in [-0.2, 0) is 6.42 Å². The molecule has 4 heteroatoms. The van der Waals surface area contributed by atoms with Crippen LogP contribution in [0.4, 0.5) is 0 Å². The summed E-state index contributed by atoms with van der Waals surface area (Å²) >= 11 is 0. The van der Waals surface area contributed by atoms with Crippen molar-refractivity contribution in [1.82, 2.24) is 0 Å². The Labute approximate surface area is 92.1 Å². The standard InChI is InChI=1S/C12H12O4/c1-3-7-6-16-10-5-8(15-2)4-9(13)11(10)12(7)14/h4-6,13H,3H2,1-2H3. The van der Waals surface area contributed by atoms with Gasteiger partial charge >= 0.3 is 0 Å². The van der Waals surface area contributed by atoms with Crippen molar-refractivity contribution < 1.29 is 14.3 Å². The van der Waals surface area contributed by atoms with E-state index in [-0.39, 0.29) is 16.6 Å². The van der Waals surface area contributed by atoms with Gasteiger partial charge < -0.3 is 14.3 Å². The monoisotopic (exact) mass is 220 g/mol. The van der Waals surface area contributed by atoms with E-state index < -0.39 is 0 Å². The Balaban J connectivity index is 2.85. The van der Waals surface area contributed by atoms with Crippen LogP contribution in [0.25, 0.3) is 11.0 Å². The van der Waals surface area contributed by atoms with Crippen LogP contribution in [0.2, 0.25) is 0 Å². The van der Waals surface area contributed by atoms with Crippen molar-refractivity contribution in [2.75, 3.05) is 7.11 Å². The molecule has 16 heavy (non-hydrogen) atoms. The molecular formula is C12H12O4. The van der Waals surface area contributed by atoms with Crippen LogP contribution >= 0.6 is 0 Å². The van der Waals surface area contributed by atoms with E-state index >= 15 is 0 Å². The van der Waals surface area contributed by atoms with Crippen molar-refractivity contribution in [2.24, 2.45) is 0 Å². The molecule has 0 aliphatic carbocycles. The van der Waals surface area contributed by atoms with Crippen LogP contribution in [-0.4, -0.2) is 12.2 Å². The molecule has 1 heterocycles. The van der Waals surface area contributed by atoms with E-state index in [2.05, 4.69) is 0 Å². The van der Waals surface area contributed by atoms with Gasteiger partial charge in [-0.25, -0.2) is 0 Å². The number of phenolic OH excluding ortho intramolecular Hbond substituents is 1. The molecule has 0 aliphatic rings. The first-order chi connectivity index (χ1) is 7.67. The lowest BCUT2D eigenvalue weighted by molar-refractivity contribution is 0.407. The van der Waals surface area contributed by atoms with Crippen molar-refractivity contribution in [3.63, 3.8) is 0 Å². The largest absolute Gasteiger partial charge is 0.507 e. The lowest BCUT2D eigenvalue weighted by Gasteiger charge is -2.05. The van der Waals surface area contributed by atoms with Gasteiger partial charge in [0.2, 0.25) is 0 Å². The number of aromatic hydroxyl groups is 1. The van der Waals surface area contributed by atoms with E-state index in [1.807, 2.05) is 6.92 Å². The number of aryl methyl sites for hydroxylation is 1. The summed E-state index contributed by atoms with van der Waals surface area (Å²) in [7, 11) is 1.49. The fourth-order valence-corrected chi connectivity index (χ4v) is 1.61. The molecule has 0 aliphatic heterocycles.